The largest absolute Gasteiger partial charge is 0.510 e. The Labute approximate surface area is 247 Å². The van der Waals surface area contributed by atoms with Crippen molar-refractivity contribution in [1.82, 2.24) is 5.32 Å². The Kier molecular flexibility index (Phi) is 9.22. The van der Waals surface area contributed by atoms with Gasteiger partial charge >= 0.3 is 18.2 Å². The molecular formula is C31H32BrNO8. The van der Waals surface area contributed by atoms with Crippen LogP contribution in [0.2, 0.25) is 0 Å². The maximum atomic E-state index is 13.0. The van der Waals surface area contributed by atoms with Crippen LogP contribution < -0.4 is 10.1 Å². The predicted octanol–water partition coefficient (Wildman–Crippen LogP) is 7.09. The third kappa shape index (κ3) is 7.79. The molecule has 3 aromatic carbocycles. The maximum Gasteiger partial charge on any atom is 0.510 e. The van der Waals surface area contributed by atoms with E-state index in [2.05, 4.69) is 21.2 Å². The lowest BCUT2D eigenvalue weighted by Crippen LogP contribution is -2.56. The molecule has 0 aromatic heterocycles. The van der Waals surface area contributed by atoms with E-state index in [1.54, 1.807) is 51.1 Å². The van der Waals surface area contributed by atoms with Gasteiger partial charge in [0, 0.05) is 22.9 Å². The number of hydrogen-bond donors (Lipinski definition) is 1. The van der Waals surface area contributed by atoms with E-state index in [1.165, 1.54) is 7.11 Å². The van der Waals surface area contributed by atoms with Crippen LogP contribution in [0.25, 0.3) is 0 Å². The van der Waals surface area contributed by atoms with Crippen molar-refractivity contribution >= 4 is 34.1 Å². The molecule has 1 atom stereocenters. The summed E-state index contributed by atoms with van der Waals surface area (Å²) >= 11 is 3.60. The number of fused-ring (bicyclic) bond motifs is 1. The Bertz CT molecular complexity index is 1420. The number of esters is 1. The second kappa shape index (κ2) is 12.6. The highest BCUT2D eigenvalue weighted by Gasteiger charge is 2.43. The van der Waals surface area contributed by atoms with Gasteiger partial charge in [-0.05, 0) is 62.6 Å². The molecule has 41 heavy (non-hydrogen) atoms. The number of carbonyl (C=O) groups excluding carboxylic acids is 3. The van der Waals surface area contributed by atoms with Gasteiger partial charge in [-0.2, -0.15) is 0 Å². The van der Waals surface area contributed by atoms with Gasteiger partial charge in [0.15, 0.2) is 5.72 Å². The lowest BCUT2D eigenvalue weighted by Gasteiger charge is -2.38. The Balaban J connectivity index is 1.63. The van der Waals surface area contributed by atoms with Crippen LogP contribution in [0.15, 0.2) is 71.2 Å². The van der Waals surface area contributed by atoms with Crippen molar-refractivity contribution in [3.8, 4) is 11.5 Å². The van der Waals surface area contributed by atoms with Gasteiger partial charge in [-0.25, -0.2) is 14.4 Å². The fraction of sp³-hybridized carbons (Fsp3) is 0.323. The minimum absolute atomic E-state index is 0.0616. The van der Waals surface area contributed by atoms with Crippen LogP contribution in [0.5, 0.6) is 11.5 Å². The number of carbonyl (C=O) groups is 3. The maximum absolute atomic E-state index is 13.0. The standard InChI is InChI=1S/C31H32BrNO8/c1-30(2,3)40-28(35)33-31(41-29(36)37-4)17-16-21-23(18-31)26(15-14-24(21)32)39-25-13-9-8-12-22(25)27(34)38-19-20-10-6-5-7-11-20/h5-15H,16-19H2,1-4H3,(H,33,35)/t31-/m0/s1. The lowest BCUT2D eigenvalue weighted by molar-refractivity contribution is -0.0600. The molecule has 0 unspecified atom stereocenters. The fourth-order valence-electron chi connectivity index (χ4n) is 4.46. The van der Waals surface area contributed by atoms with Gasteiger partial charge < -0.3 is 23.7 Å². The number of amides is 1. The SMILES string of the molecule is COC(=O)O[C@@]1(NC(=O)OC(C)(C)C)CCc2c(Br)ccc(Oc3ccccc3C(=O)OCc3ccccc3)c2C1. The van der Waals surface area contributed by atoms with Crippen molar-refractivity contribution < 1.29 is 38.1 Å². The number of para-hydroxylation sites is 1. The van der Waals surface area contributed by atoms with Crippen LogP contribution in [0.4, 0.5) is 9.59 Å². The quantitative estimate of drug-likeness (QED) is 0.168. The number of benzene rings is 3. The average Bonchev–Trinajstić information content (AvgIpc) is 2.93. The number of hydrogen-bond acceptors (Lipinski definition) is 8. The van der Waals surface area contributed by atoms with Crippen molar-refractivity contribution in [1.29, 1.82) is 0 Å². The lowest BCUT2D eigenvalue weighted by atomic mass is 9.84. The summed E-state index contributed by atoms with van der Waals surface area (Å²) in [6.07, 6.45) is -0.937. The molecule has 0 spiro atoms. The minimum Gasteiger partial charge on any atom is -0.457 e. The minimum atomic E-state index is -1.46. The normalized spacial score (nSPS) is 16.1. The summed E-state index contributed by atoms with van der Waals surface area (Å²) in [5.41, 5.74) is 0.481. The molecular weight excluding hydrogens is 594 g/mol. The zero-order chi connectivity index (χ0) is 29.6. The van der Waals surface area contributed by atoms with E-state index < -0.39 is 29.5 Å². The fourth-order valence-corrected chi connectivity index (χ4v) is 5.03. The summed E-state index contributed by atoms with van der Waals surface area (Å²) in [5, 5.41) is 2.74. The molecule has 0 saturated carbocycles. The molecule has 3 aromatic rings. The van der Waals surface area contributed by atoms with Crippen LogP contribution in [-0.2, 0) is 38.4 Å². The second-order valence-electron chi connectivity index (χ2n) is 10.5. The van der Waals surface area contributed by atoms with E-state index in [9.17, 15) is 14.4 Å². The first-order valence-corrected chi connectivity index (χ1v) is 13.8. The highest BCUT2D eigenvalue weighted by Crippen LogP contribution is 2.41. The van der Waals surface area contributed by atoms with E-state index in [-0.39, 0.29) is 25.0 Å². The molecule has 216 valence electrons. The first-order valence-electron chi connectivity index (χ1n) is 13.0. The van der Waals surface area contributed by atoms with Gasteiger partial charge in [0.2, 0.25) is 0 Å². The van der Waals surface area contributed by atoms with E-state index >= 15 is 0 Å². The third-order valence-electron chi connectivity index (χ3n) is 6.29. The Morgan fingerprint density at radius 1 is 0.927 bits per heavy atom. The van der Waals surface area contributed by atoms with E-state index in [4.69, 9.17) is 23.7 Å². The van der Waals surface area contributed by atoms with E-state index in [0.29, 0.717) is 23.5 Å². The van der Waals surface area contributed by atoms with Crippen molar-refractivity contribution in [2.45, 2.75) is 58.0 Å². The van der Waals surface area contributed by atoms with Gasteiger partial charge in [0.05, 0.1) is 7.11 Å². The molecule has 1 N–H and O–H groups in total. The second-order valence-corrected chi connectivity index (χ2v) is 11.4. The molecule has 0 aliphatic heterocycles. The number of methoxy groups -OCH3 is 1. The molecule has 0 saturated heterocycles. The zero-order valence-electron chi connectivity index (χ0n) is 23.3. The number of alkyl carbamates (subject to hydrolysis) is 1. The van der Waals surface area contributed by atoms with Crippen molar-refractivity contribution in [3.63, 3.8) is 0 Å². The van der Waals surface area contributed by atoms with E-state index in [0.717, 1.165) is 15.6 Å². The number of halogens is 1. The van der Waals surface area contributed by atoms with Crippen LogP contribution in [-0.4, -0.2) is 36.7 Å². The summed E-state index contributed by atoms with van der Waals surface area (Å²) < 4.78 is 28.5. The van der Waals surface area contributed by atoms with Crippen LogP contribution in [0.3, 0.4) is 0 Å². The highest BCUT2D eigenvalue weighted by atomic mass is 79.9. The monoisotopic (exact) mass is 625 g/mol. The molecule has 0 radical (unpaired) electrons. The molecule has 1 aliphatic carbocycles. The summed E-state index contributed by atoms with van der Waals surface area (Å²) in [4.78, 5) is 38.1. The van der Waals surface area contributed by atoms with Crippen molar-refractivity contribution in [2.24, 2.45) is 0 Å². The average molecular weight is 626 g/mol. The van der Waals surface area contributed by atoms with Gasteiger partial charge in [-0.3, -0.25) is 5.32 Å². The van der Waals surface area contributed by atoms with Crippen molar-refractivity contribution in [2.75, 3.05) is 7.11 Å². The highest BCUT2D eigenvalue weighted by molar-refractivity contribution is 9.10. The molecule has 9 nitrogen and oxygen atoms in total. The molecule has 4 rings (SSSR count). The molecule has 1 amide bonds. The first-order chi connectivity index (χ1) is 19.5. The van der Waals surface area contributed by atoms with Crippen LogP contribution in [0, 0.1) is 0 Å². The van der Waals surface area contributed by atoms with E-state index in [1.807, 2.05) is 36.4 Å². The predicted molar refractivity (Wildman–Crippen MR) is 154 cm³/mol. The molecule has 0 fully saturated rings. The van der Waals surface area contributed by atoms with Gasteiger partial charge in [0.25, 0.3) is 0 Å². The van der Waals surface area contributed by atoms with Crippen LogP contribution >= 0.6 is 15.9 Å². The first kappa shape index (κ1) is 29.9. The number of ether oxygens (including phenoxy) is 5. The summed E-state index contributed by atoms with van der Waals surface area (Å²) in [6.45, 7) is 5.33. The Morgan fingerprint density at radius 2 is 1.63 bits per heavy atom. The van der Waals surface area contributed by atoms with Gasteiger partial charge in [-0.1, -0.05) is 58.4 Å². The van der Waals surface area contributed by atoms with Crippen molar-refractivity contribution in [3.05, 3.63) is 93.5 Å². The summed E-state index contributed by atoms with van der Waals surface area (Å²) in [5.74, 6) is 0.181. The third-order valence-corrected chi connectivity index (χ3v) is 7.03. The topological polar surface area (TPSA) is 109 Å². The summed E-state index contributed by atoms with van der Waals surface area (Å²) in [7, 11) is 1.19. The van der Waals surface area contributed by atoms with Gasteiger partial charge in [-0.15, -0.1) is 0 Å². The smallest absolute Gasteiger partial charge is 0.457 e. The molecule has 0 bridgehead atoms. The number of rotatable bonds is 7. The Morgan fingerprint density at radius 3 is 2.34 bits per heavy atom. The van der Waals surface area contributed by atoms with Crippen LogP contribution in [0.1, 0.15) is 54.2 Å². The molecule has 0 heterocycles. The zero-order valence-corrected chi connectivity index (χ0v) is 24.9. The van der Waals surface area contributed by atoms with Gasteiger partial charge in [0.1, 0.15) is 29.3 Å². The summed E-state index contributed by atoms with van der Waals surface area (Å²) in [6, 6.07) is 19.8. The molecule has 10 heteroatoms. The molecule has 1 aliphatic rings. The Hall–Kier alpha value is -4.05. The number of nitrogens with one attached hydrogen (secondary N) is 1.